The predicted octanol–water partition coefficient (Wildman–Crippen LogP) is 4.64. The summed E-state index contributed by atoms with van der Waals surface area (Å²) in [5.74, 6) is 0.529. The van der Waals surface area contributed by atoms with Crippen LogP contribution in [0.25, 0.3) is 21.9 Å². The maximum Gasteiger partial charge on any atom is 0.338 e. The number of hydrogen-bond acceptors (Lipinski definition) is 6. The van der Waals surface area contributed by atoms with Gasteiger partial charge in [0.15, 0.2) is 0 Å². The Morgan fingerprint density at radius 3 is 2.06 bits per heavy atom. The average Bonchev–Trinajstić information content (AvgIpc) is 2.87. The SMILES string of the molecule is CCOC(=O)c1ccc(OCCOc2ccc(-c3cncc4ccc(C(N)=O)cc34)cc2)cc1. The van der Waals surface area contributed by atoms with Crippen LogP contribution in [0.1, 0.15) is 27.6 Å². The molecule has 4 rings (SSSR count). The van der Waals surface area contributed by atoms with Gasteiger partial charge in [-0.15, -0.1) is 0 Å². The molecule has 1 amide bonds. The van der Waals surface area contributed by atoms with E-state index in [9.17, 15) is 9.59 Å². The molecule has 0 spiro atoms. The van der Waals surface area contributed by atoms with Crippen LogP contribution in [0.5, 0.6) is 11.5 Å². The van der Waals surface area contributed by atoms with Crippen molar-refractivity contribution in [3.63, 3.8) is 0 Å². The first-order chi connectivity index (χ1) is 16.5. The number of carbonyl (C=O) groups is 2. The molecule has 3 aromatic carbocycles. The van der Waals surface area contributed by atoms with Crippen LogP contribution in [0.2, 0.25) is 0 Å². The molecule has 0 unspecified atom stereocenters. The molecule has 4 aromatic rings. The smallest absolute Gasteiger partial charge is 0.338 e. The van der Waals surface area contributed by atoms with Gasteiger partial charge >= 0.3 is 5.97 Å². The summed E-state index contributed by atoms with van der Waals surface area (Å²) >= 11 is 0. The van der Waals surface area contributed by atoms with Gasteiger partial charge in [0.05, 0.1) is 12.2 Å². The number of primary amides is 1. The number of carbonyl (C=O) groups excluding carboxylic acids is 2. The molecule has 0 saturated heterocycles. The molecule has 0 bridgehead atoms. The quantitative estimate of drug-likeness (QED) is 0.291. The number of pyridine rings is 1. The zero-order valence-electron chi connectivity index (χ0n) is 18.7. The summed E-state index contributed by atoms with van der Waals surface area (Å²) in [6, 6.07) is 19.7. The van der Waals surface area contributed by atoms with Gasteiger partial charge < -0.3 is 19.9 Å². The average molecular weight is 456 g/mol. The van der Waals surface area contributed by atoms with E-state index in [4.69, 9.17) is 19.9 Å². The molecule has 0 atom stereocenters. The lowest BCUT2D eigenvalue weighted by atomic mass is 9.99. The Kier molecular flexibility index (Phi) is 7.03. The van der Waals surface area contributed by atoms with E-state index in [2.05, 4.69) is 4.98 Å². The second kappa shape index (κ2) is 10.5. The van der Waals surface area contributed by atoms with E-state index in [-0.39, 0.29) is 5.97 Å². The second-order valence-corrected chi connectivity index (χ2v) is 7.45. The number of hydrogen-bond donors (Lipinski definition) is 1. The van der Waals surface area contributed by atoms with Crippen LogP contribution in [-0.4, -0.2) is 36.7 Å². The van der Waals surface area contributed by atoms with E-state index in [1.807, 2.05) is 30.3 Å². The fraction of sp³-hybridized carbons (Fsp3) is 0.148. The van der Waals surface area contributed by atoms with E-state index in [0.717, 1.165) is 21.9 Å². The number of nitrogens with zero attached hydrogens (tertiary/aromatic N) is 1. The first-order valence-electron chi connectivity index (χ1n) is 10.9. The standard InChI is InChI=1S/C27H24N2O5/c1-2-32-27(31)19-7-11-23(12-8-19)34-14-13-33-22-9-5-18(6-10-22)25-17-29-16-21-4-3-20(26(28)30)15-24(21)25/h3-12,15-17H,2,13-14H2,1H3,(H2,28,30). The summed E-state index contributed by atoms with van der Waals surface area (Å²) < 4.78 is 16.4. The van der Waals surface area contributed by atoms with Crippen LogP contribution in [0.3, 0.4) is 0 Å². The number of fused-ring (bicyclic) bond motifs is 1. The summed E-state index contributed by atoms with van der Waals surface area (Å²) in [7, 11) is 0. The fourth-order valence-electron chi connectivity index (χ4n) is 3.50. The largest absolute Gasteiger partial charge is 0.490 e. The van der Waals surface area contributed by atoms with Crippen LogP contribution in [-0.2, 0) is 4.74 Å². The highest BCUT2D eigenvalue weighted by Crippen LogP contribution is 2.29. The van der Waals surface area contributed by atoms with Crippen molar-refractivity contribution in [2.75, 3.05) is 19.8 Å². The molecule has 0 aliphatic heterocycles. The van der Waals surface area contributed by atoms with Crippen molar-refractivity contribution in [3.05, 3.63) is 90.3 Å². The molecule has 34 heavy (non-hydrogen) atoms. The van der Waals surface area contributed by atoms with Gasteiger partial charge in [0.25, 0.3) is 0 Å². The Morgan fingerprint density at radius 1 is 0.824 bits per heavy atom. The van der Waals surface area contributed by atoms with E-state index >= 15 is 0 Å². The molecular weight excluding hydrogens is 432 g/mol. The lowest BCUT2D eigenvalue weighted by molar-refractivity contribution is 0.0526. The van der Waals surface area contributed by atoms with E-state index in [0.29, 0.717) is 42.4 Å². The minimum absolute atomic E-state index is 0.338. The molecule has 0 saturated carbocycles. The Bertz CT molecular complexity index is 1300. The molecule has 1 aromatic heterocycles. The molecule has 1 heterocycles. The van der Waals surface area contributed by atoms with Crippen LogP contribution in [0.15, 0.2) is 79.1 Å². The summed E-state index contributed by atoms with van der Waals surface area (Å²) in [5.41, 5.74) is 8.23. The third kappa shape index (κ3) is 5.32. The Hall–Kier alpha value is -4.39. The van der Waals surface area contributed by atoms with E-state index < -0.39 is 5.91 Å². The van der Waals surface area contributed by atoms with Gasteiger partial charge in [-0.3, -0.25) is 9.78 Å². The molecule has 0 aliphatic rings. The molecule has 0 aliphatic carbocycles. The monoisotopic (exact) mass is 456 g/mol. The first kappa shape index (κ1) is 22.8. The molecule has 7 nitrogen and oxygen atoms in total. The summed E-state index contributed by atoms with van der Waals surface area (Å²) in [6.45, 7) is 2.82. The zero-order valence-corrected chi connectivity index (χ0v) is 18.7. The third-order valence-electron chi connectivity index (χ3n) is 5.20. The van der Waals surface area contributed by atoms with Crippen molar-refractivity contribution in [2.45, 2.75) is 6.92 Å². The van der Waals surface area contributed by atoms with Crippen LogP contribution >= 0.6 is 0 Å². The third-order valence-corrected chi connectivity index (χ3v) is 5.20. The van der Waals surface area contributed by atoms with Crippen molar-refractivity contribution in [1.82, 2.24) is 4.98 Å². The Labute approximate surface area is 197 Å². The van der Waals surface area contributed by atoms with Gasteiger partial charge in [-0.25, -0.2) is 4.79 Å². The highest BCUT2D eigenvalue weighted by Gasteiger charge is 2.09. The molecule has 0 fully saturated rings. The van der Waals surface area contributed by atoms with Gasteiger partial charge in [-0.05, 0) is 66.4 Å². The Morgan fingerprint density at radius 2 is 1.44 bits per heavy atom. The molecule has 2 N–H and O–H groups in total. The van der Waals surface area contributed by atoms with E-state index in [1.54, 1.807) is 55.7 Å². The van der Waals surface area contributed by atoms with Crippen molar-refractivity contribution in [3.8, 4) is 22.6 Å². The molecule has 172 valence electrons. The van der Waals surface area contributed by atoms with Crippen molar-refractivity contribution in [1.29, 1.82) is 0 Å². The number of aromatic nitrogens is 1. The van der Waals surface area contributed by atoms with Gasteiger partial charge in [0.2, 0.25) is 5.91 Å². The number of nitrogens with two attached hydrogens (primary N) is 1. The van der Waals surface area contributed by atoms with E-state index in [1.165, 1.54) is 0 Å². The maximum absolute atomic E-state index is 11.7. The summed E-state index contributed by atoms with van der Waals surface area (Å²) in [6.07, 6.45) is 3.52. The maximum atomic E-state index is 11.7. The topological polar surface area (TPSA) is 101 Å². The summed E-state index contributed by atoms with van der Waals surface area (Å²) in [5, 5.41) is 1.83. The minimum atomic E-state index is -0.467. The van der Waals surface area contributed by atoms with Crippen LogP contribution in [0, 0.1) is 0 Å². The predicted molar refractivity (Wildman–Crippen MR) is 129 cm³/mol. The van der Waals surface area contributed by atoms with Crippen molar-refractivity contribution < 1.29 is 23.8 Å². The Balaban J connectivity index is 1.35. The van der Waals surface area contributed by atoms with Crippen LogP contribution < -0.4 is 15.2 Å². The minimum Gasteiger partial charge on any atom is -0.490 e. The lowest BCUT2D eigenvalue weighted by Gasteiger charge is -2.11. The first-order valence-corrected chi connectivity index (χ1v) is 10.9. The van der Waals surface area contributed by atoms with Gasteiger partial charge in [0, 0.05) is 28.9 Å². The summed E-state index contributed by atoms with van der Waals surface area (Å²) in [4.78, 5) is 27.6. The number of benzene rings is 3. The molecule has 0 radical (unpaired) electrons. The number of rotatable bonds is 9. The lowest BCUT2D eigenvalue weighted by Crippen LogP contribution is -2.10. The number of amides is 1. The highest BCUT2D eigenvalue weighted by atomic mass is 16.5. The van der Waals surface area contributed by atoms with Gasteiger partial charge in [-0.1, -0.05) is 18.2 Å². The zero-order chi connectivity index (χ0) is 23.9. The van der Waals surface area contributed by atoms with Gasteiger partial charge in [-0.2, -0.15) is 0 Å². The second-order valence-electron chi connectivity index (χ2n) is 7.45. The van der Waals surface area contributed by atoms with Crippen molar-refractivity contribution >= 4 is 22.6 Å². The normalized spacial score (nSPS) is 10.6. The molecular formula is C27H24N2O5. The van der Waals surface area contributed by atoms with Crippen molar-refractivity contribution in [2.24, 2.45) is 5.73 Å². The number of esters is 1. The van der Waals surface area contributed by atoms with Crippen LogP contribution in [0.4, 0.5) is 0 Å². The highest BCUT2D eigenvalue weighted by molar-refractivity contribution is 6.02. The van der Waals surface area contributed by atoms with Gasteiger partial charge in [0.1, 0.15) is 24.7 Å². The molecule has 7 heteroatoms. The fourth-order valence-corrected chi connectivity index (χ4v) is 3.50. The number of ether oxygens (including phenoxy) is 3.